The molecular formula is C24H40O6. The largest absolute Gasteiger partial charge is 0.461 e. The average molecular weight is 425 g/mol. The highest BCUT2D eigenvalue weighted by Crippen LogP contribution is 2.53. The van der Waals surface area contributed by atoms with Crippen LogP contribution >= 0.6 is 0 Å². The quantitative estimate of drug-likeness (QED) is 0.498. The Morgan fingerprint density at radius 2 is 1.07 bits per heavy atom. The first-order chi connectivity index (χ1) is 13.6. The Bertz CT molecular complexity index is 634. The summed E-state index contributed by atoms with van der Waals surface area (Å²) in [6, 6.07) is 0. The van der Waals surface area contributed by atoms with Gasteiger partial charge in [-0.15, -0.1) is 0 Å². The fourth-order valence-electron chi connectivity index (χ4n) is 5.04. The van der Waals surface area contributed by atoms with Crippen molar-refractivity contribution < 1.29 is 29.3 Å². The zero-order valence-electron chi connectivity index (χ0n) is 19.8. The standard InChI is InChI=1S/C24H40O6/c1-15(2)29-19(25)23(27)17(11-13-21(23,5)6)9-10-18-12-14-22(7,8)24(18,28)20(26)30-16(3)4/h9-10,15-18,27-28H,11-14H2,1-8H3/b10-9+. The summed E-state index contributed by atoms with van der Waals surface area (Å²) >= 11 is 0. The molecule has 2 N–H and O–H groups in total. The van der Waals surface area contributed by atoms with Crippen molar-refractivity contribution in [3.8, 4) is 0 Å². The first-order valence-electron chi connectivity index (χ1n) is 11.1. The van der Waals surface area contributed by atoms with Gasteiger partial charge in [0, 0.05) is 22.7 Å². The Hall–Kier alpha value is -1.40. The number of aliphatic hydroxyl groups is 2. The summed E-state index contributed by atoms with van der Waals surface area (Å²) in [6.45, 7) is 14.5. The summed E-state index contributed by atoms with van der Waals surface area (Å²) in [5.74, 6) is -2.13. The molecule has 4 unspecified atom stereocenters. The topological polar surface area (TPSA) is 93.1 Å². The van der Waals surface area contributed by atoms with E-state index in [1.165, 1.54) is 0 Å². The van der Waals surface area contributed by atoms with Crippen molar-refractivity contribution in [3.05, 3.63) is 12.2 Å². The zero-order chi connectivity index (χ0) is 23.1. The van der Waals surface area contributed by atoms with Gasteiger partial charge in [0.15, 0.2) is 11.2 Å². The molecule has 0 aliphatic heterocycles. The molecule has 0 bridgehead atoms. The SMILES string of the molecule is CC(C)OC(=O)C1(O)C(/C=C/C2CCC(C)(C)C2(O)C(=O)OC(C)C)CCC1(C)C. The molecule has 30 heavy (non-hydrogen) atoms. The number of esters is 2. The molecule has 0 radical (unpaired) electrons. The first-order valence-corrected chi connectivity index (χ1v) is 11.1. The minimum Gasteiger partial charge on any atom is -0.461 e. The molecule has 0 amide bonds. The highest BCUT2D eigenvalue weighted by Gasteiger charge is 2.61. The predicted molar refractivity (Wildman–Crippen MR) is 115 cm³/mol. The van der Waals surface area contributed by atoms with E-state index in [2.05, 4.69) is 0 Å². The predicted octanol–water partition coefficient (Wildman–Crippen LogP) is 3.78. The maximum Gasteiger partial charge on any atom is 0.339 e. The monoisotopic (exact) mass is 424 g/mol. The van der Waals surface area contributed by atoms with E-state index in [0.717, 1.165) is 0 Å². The van der Waals surface area contributed by atoms with Crippen molar-refractivity contribution >= 4 is 11.9 Å². The van der Waals surface area contributed by atoms with Crippen LogP contribution in [0.15, 0.2) is 12.2 Å². The summed E-state index contributed by atoms with van der Waals surface area (Å²) in [7, 11) is 0. The van der Waals surface area contributed by atoms with Gasteiger partial charge < -0.3 is 19.7 Å². The van der Waals surface area contributed by atoms with Gasteiger partial charge in [-0.05, 0) is 53.4 Å². The number of carbonyl (C=O) groups is 2. The maximum absolute atomic E-state index is 12.8. The van der Waals surface area contributed by atoms with Gasteiger partial charge in [0.25, 0.3) is 0 Å². The van der Waals surface area contributed by atoms with Crippen molar-refractivity contribution in [3.63, 3.8) is 0 Å². The minimum atomic E-state index is -1.65. The minimum absolute atomic E-state index is 0.325. The molecule has 4 atom stereocenters. The Morgan fingerprint density at radius 1 is 0.767 bits per heavy atom. The molecule has 2 aliphatic rings. The van der Waals surface area contributed by atoms with E-state index < -0.39 is 45.8 Å². The van der Waals surface area contributed by atoms with Crippen molar-refractivity contribution in [1.82, 2.24) is 0 Å². The lowest BCUT2D eigenvalue weighted by Gasteiger charge is -2.39. The Labute approximate surface area is 181 Å². The van der Waals surface area contributed by atoms with Gasteiger partial charge >= 0.3 is 11.9 Å². The van der Waals surface area contributed by atoms with Crippen LogP contribution in [0, 0.1) is 22.7 Å². The molecule has 6 nitrogen and oxygen atoms in total. The van der Waals surface area contributed by atoms with Crippen LogP contribution in [0.4, 0.5) is 0 Å². The summed E-state index contributed by atoms with van der Waals surface area (Å²) in [6.07, 6.45) is 5.54. The average Bonchev–Trinajstić information content (AvgIpc) is 2.97. The second kappa shape index (κ2) is 8.27. The third-order valence-electron chi connectivity index (χ3n) is 7.18. The van der Waals surface area contributed by atoms with Crippen molar-refractivity contribution in [1.29, 1.82) is 0 Å². The lowest BCUT2D eigenvalue weighted by atomic mass is 9.72. The van der Waals surface area contributed by atoms with Gasteiger partial charge in [0.1, 0.15) is 0 Å². The molecule has 0 aromatic carbocycles. The van der Waals surface area contributed by atoms with Gasteiger partial charge in [-0.2, -0.15) is 0 Å². The van der Waals surface area contributed by atoms with E-state index in [9.17, 15) is 19.8 Å². The van der Waals surface area contributed by atoms with Gasteiger partial charge in [0.2, 0.25) is 0 Å². The molecule has 0 heterocycles. The van der Waals surface area contributed by atoms with Crippen LogP contribution in [0.25, 0.3) is 0 Å². The van der Waals surface area contributed by atoms with Crippen LogP contribution in [0.1, 0.15) is 81.1 Å². The maximum atomic E-state index is 12.8. The Morgan fingerprint density at radius 3 is 1.33 bits per heavy atom. The molecule has 6 heteroatoms. The molecule has 2 aliphatic carbocycles. The summed E-state index contributed by atoms with van der Waals surface area (Å²) in [5.41, 5.74) is -4.59. The fraction of sp³-hybridized carbons (Fsp3) is 0.833. The fourth-order valence-corrected chi connectivity index (χ4v) is 5.04. The third-order valence-corrected chi connectivity index (χ3v) is 7.18. The molecule has 172 valence electrons. The summed E-state index contributed by atoms with van der Waals surface area (Å²) < 4.78 is 10.8. The highest BCUT2D eigenvalue weighted by atomic mass is 16.6. The lowest BCUT2D eigenvalue weighted by molar-refractivity contribution is -0.185. The van der Waals surface area contributed by atoms with Crippen LogP contribution < -0.4 is 0 Å². The molecule has 0 saturated heterocycles. The van der Waals surface area contributed by atoms with Crippen LogP contribution in [-0.2, 0) is 19.1 Å². The van der Waals surface area contributed by atoms with E-state index in [-0.39, 0.29) is 12.2 Å². The second-order valence-electron chi connectivity index (χ2n) is 10.9. The van der Waals surface area contributed by atoms with Crippen molar-refractivity contribution in [2.45, 2.75) is 104 Å². The number of ether oxygens (including phenoxy) is 2. The summed E-state index contributed by atoms with van der Waals surface area (Å²) in [4.78, 5) is 25.7. The van der Waals surface area contributed by atoms with Gasteiger partial charge in [-0.25, -0.2) is 9.59 Å². The molecule has 0 aromatic heterocycles. The lowest BCUT2D eigenvalue weighted by Crippen LogP contribution is -2.54. The smallest absolute Gasteiger partial charge is 0.339 e. The van der Waals surface area contributed by atoms with E-state index in [1.807, 2.05) is 27.7 Å². The van der Waals surface area contributed by atoms with Crippen molar-refractivity contribution in [2.75, 3.05) is 0 Å². The highest BCUT2D eigenvalue weighted by molar-refractivity contribution is 5.83. The van der Waals surface area contributed by atoms with Gasteiger partial charge in [0.05, 0.1) is 12.2 Å². The molecule has 0 aromatic rings. The Kier molecular flexibility index (Phi) is 6.85. The number of rotatable bonds is 6. The zero-order valence-corrected chi connectivity index (χ0v) is 19.8. The second-order valence-corrected chi connectivity index (χ2v) is 10.9. The number of hydrogen-bond acceptors (Lipinski definition) is 6. The van der Waals surface area contributed by atoms with E-state index in [1.54, 1.807) is 39.8 Å². The molecule has 2 saturated carbocycles. The van der Waals surface area contributed by atoms with Crippen LogP contribution in [0.5, 0.6) is 0 Å². The van der Waals surface area contributed by atoms with Crippen LogP contribution in [0.3, 0.4) is 0 Å². The van der Waals surface area contributed by atoms with Gasteiger partial charge in [-0.3, -0.25) is 0 Å². The molecule has 0 spiro atoms. The van der Waals surface area contributed by atoms with E-state index >= 15 is 0 Å². The number of hydrogen-bond donors (Lipinski definition) is 2. The number of carbonyl (C=O) groups excluding carboxylic acids is 2. The molecular weight excluding hydrogens is 384 g/mol. The van der Waals surface area contributed by atoms with Gasteiger partial charge in [-0.1, -0.05) is 39.8 Å². The van der Waals surface area contributed by atoms with E-state index in [0.29, 0.717) is 25.7 Å². The van der Waals surface area contributed by atoms with Crippen LogP contribution in [-0.4, -0.2) is 45.6 Å². The van der Waals surface area contributed by atoms with E-state index in [4.69, 9.17) is 9.47 Å². The summed E-state index contributed by atoms with van der Waals surface area (Å²) in [5, 5.41) is 22.9. The van der Waals surface area contributed by atoms with Crippen LogP contribution in [0.2, 0.25) is 0 Å². The first kappa shape index (κ1) is 24.9. The van der Waals surface area contributed by atoms with Crippen molar-refractivity contribution in [2.24, 2.45) is 22.7 Å². The normalized spacial score (nSPS) is 35.3. The molecule has 2 rings (SSSR count). The third kappa shape index (κ3) is 4.05. The molecule has 2 fully saturated rings. The Balaban J connectivity index is 2.34.